The van der Waals surface area contributed by atoms with Gasteiger partial charge in [0, 0.05) is 30.9 Å². The summed E-state index contributed by atoms with van der Waals surface area (Å²) in [6.45, 7) is 4.65. The van der Waals surface area contributed by atoms with Crippen LogP contribution in [0.3, 0.4) is 0 Å². The number of aliphatic imine (C=N–C) groups is 1. The average molecular weight is 701 g/mol. The van der Waals surface area contributed by atoms with Crippen molar-refractivity contribution < 1.29 is 38.9 Å². The van der Waals surface area contributed by atoms with E-state index in [1.165, 1.54) is 12.3 Å². The van der Waals surface area contributed by atoms with Gasteiger partial charge in [-0.1, -0.05) is 20.3 Å². The third-order valence-electron chi connectivity index (χ3n) is 13.0. The SMILES string of the molecule is C[C@]12CC[C@H](OC(=O)CCCCCC(=O)N[C@@H](CCCN=C(N)N)C(=O)O)C[C@H]1CC[C@@H]1[C@@H]2C(O)C[C@]2(C)[C@@H](c3ccc(=O)oc3)CC[C@]12O. The van der Waals surface area contributed by atoms with E-state index in [0.717, 1.165) is 37.7 Å². The van der Waals surface area contributed by atoms with Crippen LogP contribution in [0.5, 0.6) is 0 Å². The van der Waals surface area contributed by atoms with E-state index >= 15 is 0 Å². The number of ether oxygens (including phenoxy) is 1. The van der Waals surface area contributed by atoms with Crippen molar-refractivity contribution in [1.82, 2.24) is 5.32 Å². The van der Waals surface area contributed by atoms with Gasteiger partial charge in [-0.2, -0.15) is 0 Å². The van der Waals surface area contributed by atoms with Crippen LogP contribution in [0, 0.1) is 28.6 Å². The highest BCUT2D eigenvalue weighted by atomic mass is 16.5. The molecule has 8 N–H and O–H groups in total. The van der Waals surface area contributed by atoms with E-state index in [-0.39, 0.29) is 78.8 Å². The van der Waals surface area contributed by atoms with Crippen molar-refractivity contribution in [3.63, 3.8) is 0 Å². The maximum Gasteiger partial charge on any atom is 0.335 e. The number of aliphatic carboxylic acids is 1. The molecular weight excluding hydrogens is 644 g/mol. The minimum Gasteiger partial charge on any atom is -0.480 e. The minimum atomic E-state index is -1.11. The summed E-state index contributed by atoms with van der Waals surface area (Å²) in [6, 6.07) is 2.22. The van der Waals surface area contributed by atoms with E-state index in [9.17, 15) is 34.5 Å². The number of unbranched alkanes of at least 4 members (excludes halogenated alkanes) is 2. The van der Waals surface area contributed by atoms with Crippen LogP contribution in [0.1, 0.15) is 122 Å². The quantitative estimate of drug-likeness (QED) is 0.0714. The van der Waals surface area contributed by atoms with Crippen LogP contribution < -0.4 is 22.4 Å². The summed E-state index contributed by atoms with van der Waals surface area (Å²) >= 11 is 0. The fourth-order valence-corrected chi connectivity index (χ4v) is 10.5. The summed E-state index contributed by atoms with van der Waals surface area (Å²) in [6.07, 6.45) is 9.47. The first-order valence-electron chi connectivity index (χ1n) is 18.4. The fraction of sp³-hybridized carbons (Fsp3) is 0.757. The Morgan fingerprint density at radius 1 is 1.06 bits per heavy atom. The molecule has 4 fully saturated rings. The van der Waals surface area contributed by atoms with Crippen LogP contribution in [0.15, 0.2) is 32.6 Å². The van der Waals surface area contributed by atoms with Crippen molar-refractivity contribution in [2.45, 2.75) is 140 Å². The van der Waals surface area contributed by atoms with Gasteiger partial charge in [0.05, 0.1) is 18.0 Å². The van der Waals surface area contributed by atoms with Crippen molar-refractivity contribution in [2.24, 2.45) is 45.0 Å². The van der Waals surface area contributed by atoms with Crippen molar-refractivity contribution in [3.8, 4) is 0 Å². The number of hydrogen-bond donors (Lipinski definition) is 6. The molecule has 13 heteroatoms. The number of nitrogens with zero attached hydrogens (tertiary/aromatic N) is 1. The van der Waals surface area contributed by atoms with Crippen LogP contribution in [0.2, 0.25) is 0 Å². The molecule has 278 valence electrons. The zero-order chi connectivity index (χ0) is 36.3. The Hall–Kier alpha value is -3.45. The lowest BCUT2D eigenvalue weighted by atomic mass is 9.42. The van der Waals surface area contributed by atoms with Gasteiger partial charge in [-0.15, -0.1) is 0 Å². The fourth-order valence-electron chi connectivity index (χ4n) is 10.5. The average Bonchev–Trinajstić information content (AvgIpc) is 3.32. The van der Waals surface area contributed by atoms with Gasteiger partial charge in [-0.05, 0) is 118 Å². The first kappa shape index (κ1) is 37.8. The number of carbonyl (C=O) groups is 3. The van der Waals surface area contributed by atoms with Crippen LogP contribution in [-0.2, 0) is 19.1 Å². The molecule has 0 bridgehead atoms. The van der Waals surface area contributed by atoms with E-state index in [1.54, 1.807) is 6.07 Å². The predicted octanol–water partition coefficient (Wildman–Crippen LogP) is 3.34. The number of esters is 1. The molecule has 5 rings (SSSR count). The first-order valence-corrected chi connectivity index (χ1v) is 18.4. The molecule has 50 heavy (non-hydrogen) atoms. The zero-order valence-electron chi connectivity index (χ0n) is 29.5. The van der Waals surface area contributed by atoms with Crippen LogP contribution in [0.25, 0.3) is 0 Å². The number of nitrogens with one attached hydrogen (secondary N) is 1. The monoisotopic (exact) mass is 700 g/mol. The van der Waals surface area contributed by atoms with Gasteiger partial charge in [0.2, 0.25) is 5.91 Å². The number of aliphatic hydroxyl groups excluding tert-OH is 1. The lowest BCUT2D eigenvalue weighted by Gasteiger charge is -2.65. The van der Waals surface area contributed by atoms with Gasteiger partial charge in [-0.25, -0.2) is 9.59 Å². The number of fused-ring (bicyclic) bond motifs is 5. The van der Waals surface area contributed by atoms with E-state index in [2.05, 4.69) is 24.2 Å². The van der Waals surface area contributed by atoms with E-state index in [0.29, 0.717) is 44.9 Å². The molecule has 1 amide bonds. The van der Waals surface area contributed by atoms with Crippen molar-refractivity contribution in [2.75, 3.05) is 6.54 Å². The molecule has 1 aromatic rings. The zero-order valence-corrected chi connectivity index (χ0v) is 29.5. The molecule has 4 saturated carbocycles. The van der Waals surface area contributed by atoms with Crippen LogP contribution in [-0.4, -0.2) is 69.5 Å². The highest BCUT2D eigenvalue weighted by Crippen LogP contribution is 2.70. The van der Waals surface area contributed by atoms with Gasteiger partial charge < -0.3 is 41.3 Å². The van der Waals surface area contributed by atoms with E-state index in [4.69, 9.17) is 20.6 Å². The normalized spacial score (nSPS) is 35.1. The van der Waals surface area contributed by atoms with Gasteiger partial charge in [0.1, 0.15) is 12.1 Å². The molecular formula is C37H56N4O9. The molecule has 4 aliphatic rings. The Kier molecular flexibility index (Phi) is 11.7. The minimum absolute atomic E-state index is 0.00626. The number of amides is 1. The molecule has 1 unspecified atom stereocenters. The molecule has 0 aliphatic heterocycles. The Morgan fingerprint density at radius 2 is 1.82 bits per heavy atom. The van der Waals surface area contributed by atoms with Gasteiger partial charge >= 0.3 is 17.6 Å². The Balaban J connectivity index is 1.07. The number of hydrogen-bond acceptors (Lipinski definition) is 9. The number of carboxylic acids is 1. The van der Waals surface area contributed by atoms with Gasteiger partial charge in [-0.3, -0.25) is 14.6 Å². The maximum atomic E-state index is 12.8. The second-order valence-electron chi connectivity index (χ2n) is 15.9. The molecule has 0 spiro atoms. The summed E-state index contributed by atoms with van der Waals surface area (Å²) in [5, 5.41) is 36.3. The summed E-state index contributed by atoms with van der Waals surface area (Å²) in [4.78, 5) is 52.0. The van der Waals surface area contributed by atoms with Crippen LogP contribution >= 0.6 is 0 Å². The Labute approximate surface area is 293 Å². The Bertz CT molecular complexity index is 1460. The summed E-state index contributed by atoms with van der Waals surface area (Å²) < 4.78 is 11.1. The lowest BCUT2D eigenvalue weighted by Crippen LogP contribution is -2.66. The molecule has 0 saturated heterocycles. The number of guanidine groups is 1. The van der Waals surface area contributed by atoms with E-state index in [1.807, 2.05) is 0 Å². The molecule has 13 nitrogen and oxygen atoms in total. The molecule has 0 aromatic carbocycles. The summed E-state index contributed by atoms with van der Waals surface area (Å²) in [5.74, 6) is -1.58. The second kappa shape index (κ2) is 15.4. The second-order valence-corrected chi connectivity index (χ2v) is 15.9. The lowest BCUT2D eigenvalue weighted by molar-refractivity contribution is -0.240. The highest BCUT2D eigenvalue weighted by Gasteiger charge is 2.69. The highest BCUT2D eigenvalue weighted by molar-refractivity contribution is 5.83. The van der Waals surface area contributed by atoms with Gasteiger partial charge in [0.25, 0.3) is 0 Å². The predicted molar refractivity (Wildman–Crippen MR) is 185 cm³/mol. The van der Waals surface area contributed by atoms with Crippen LogP contribution in [0.4, 0.5) is 0 Å². The summed E-state index contributed by atoms with van der Waals surface area (Å²) in [5.41, 5.74) is 9.42. The smallest absolute Gasteiger partial charge is 0.335 e. The van der Waals surface area contributed by atoms with Gasteiger partial charge in [0.15, 0.2) is 5.96 Å². The molecule has 10 atom stereocenters. The maximum absolute atomic E-state index is 12.8. The van der Waals surface area contributed by atoms with Crippen molar-refractivity contribution in [1.29, 1.82) is 0 Å². The third-order valence-corrected chi connectivity index (χ3v) is 13.0. The third kappa shape index (κ3) is 7.73. The summed E-state index contributed by atoms with van der Waals surface area (Å²) in [7, 11) is 0. The molecule has 0 radical (unpaired) electrons. The largest absolute Gasteiger partial charge is 0.480 e. The molecule has 1 heterocycles. The molecule has 4 aliphatic carbocycles. The number of rotatable bonds is 14. The van der Waals surface area contributed by atoms with Crippen molar-refractivity contribution >= 4 is 23.8 Å². The number of aliphatic hydroxyl groups is 2. The van der Waals surface area contributed by atoms with Crippen molar-refractivity contribution in [3.05, 3.63) is 34.4 Å². The number of nitrogens with two attached hydrogens (primary N) is 2. The Morgan fingerprint density at radius 3 is 2.52 bits per heavy atom. The number of carboxylic acid groups (broad SMARTS) is 1. The number of carbonyl (C=O) groups excluding carboxylic acids is 2. The topological polar surface area (TPSA) is 228 Å². The molecule has 1 aromatic heterocycles. The first-order chi connectivity index (χ1) is 23.7. The van der Waals surface area contributed by atoms with E-state index < -0.39 is 34.8 Å². The standard InChI is InChI=1S/C37H56N4O9/c1-35-16-14-24(50-31(45)9-5-3-4-8-29(43)41-27(33(46)47)7-6-18-40-34(38)39)19-23(35)11-12-26-32(35)28(42)20-36(2)25(15-17-37(26,36)48)22-10-13-30(44)49-21-22/h10,13,21,23-28,32,42,48H,3-9,11-12,14-20H2,1-2H3,(H,41,43)(H,46,47)(H4,38,39,40)/t23-,24+,25-,26-,27+,28?,32-,35+,36-,37+/m1/s1.